The first kappa shape index (κ1) is 9.99. The molecule has 2 nitrogen and oxygen atoms in total. The van der Waals surface area contributed by atoms with E-state index in [2.05, 4.69) is 19.1 Å². The van der Waals surface area contributed by atoms with Gasteiger partial charge in [0.15, 0.2) is 0 Å². The van der Waals surface area contributed by atoms with Crippen LogP contribution in [0.25, 0.3) is 5.69 Å². The molecule has 1 aromatic carbocycles. The maximum Gasteiger partial charge on any atom is 0.0836 e. The summed E-state index contributed by atoms with van der Waals surface area (Å²) in [5, 5.41) is 9.21. The van der Waals surface area contributed by atoms with Crippen LogP contribution in [-0.2, 0) is 13.0 Å². The van der Waals surface area contributed by atoms with Gasteiger partial charge in [-0.3, -0.25) is 0 Å². The predicted molar refractivity (Wildman–Crippen MR) is 61.1 cm³/mol. The van der Waals surface area contributed by atoms with Gasteiger partial charge in [0.25, 0.3) is 0 Å². The number of benzene rings is 1. The van der Waals surface area contributed by atoms with Crippen LogP contribution in [0.15, 0.2) is 42.6 Å². The van der Waals surface area contributed by atoms with E-state index in [0.717, 1.165) is 17.8 Å². The zero-order chi connectivity index (χ0) is 10.7. The Morgan fingerprint density at radius 1 is 1.13 bits per heavy atom. The third-order valence-electron chi connectivity index (χ3n) is 2.63. The topological polar surface area (TPSA) is 25.2 Å². The molecule has 0 saturated heterocycles. The molecule has 0 aliphatic heterocycles. The lowest BCUT2D eigenvalue weighted by molar-refractivity contribution is 0.274. The molecular formula is C13H15NO. The number of aliphatic hydroxyl groups excluding tert-OH is 1. The smallest absolute Gasteiger partial charge is 0.0836 e. The van der Waals surface area contributed by atoms with E-state index in [-0.39, 0.29) is 6.61 Å². The van der Waals surface area contributed by atoms with Gasteiger partial charge in [0.05, 0.1) is 6.61 Å². The van der Waals surface area contributed by atoms with E-state index in [9.17, 15) is 5.11 Å². The molecule has 1 heterocycles. The van der Waals surface area contributed by atoms with Crippen LogP contribution < -0.4 is 0 Å². The van der Waals surface area contributed by atoms with Crippen LogP contribution in [0.1, 0.15) is 18.2 Å². The van der Waals surface area contributed by atoms with Gasteiger partial charge >= 0.3 is 0 Å². The number of nitrogens with zero attached hydrogens (tertiary/aromatic N) is 1. The van der Waals surface area contributed by atoms with Gasteiger partial charge in [-0.2, -0.15) is 0 Å². The van der Waals surface area contributed by atoms with Crippen molar-refractivity contribution in [3.05, 3.63) is 53.9 Å². The molecule has 0 fully saturated rings. The van der Waals surface area contributed by atoms with Crippen LogP contribution in [0.3, 0.4) is 0 Å². The zero-order valence-electron chi connectivity index (χ0n) is 8.85. The number of aliphatic hydroxyl groups is 1. The molecule has 0 unspecified atom stereocenters. The molecule has 0 amide bonds. The van der Waals surface area contributed by atoms with Crippen molar-refractivity contribution >= 4 is 0 Å². The highest BCUT2D eigenvalue weighted by atomic mass is 16.3. The lowest BCUT2D eigenvalue weighted by Gasteiger charge is -2.11. The van der Waals surface area contributed by atoms with Crippen LogP contribution in [0, 0.1) is 0 Å². The molecule has 78 valence electrons. The SMILES string of the molecule is CCc1ccccc1-n1cccc1CO. The largest absolute Gasteiger partial charge is 0.390 e. The summed E-state index contributed by atoms with van der Waals surface area (Å²) in [6.07, 6.45) is 2.99. The summed E-state index contributed by atoms with van der Waals surface area (Å²) < 4.78 is 2.04. The van der Waals surface area contributed by atoms with Crippen molar-refractivity contribution in [1.82, 2.24) is 4.57 Å². The van der Waals surface area contributed by atoms with Crippen LogP contribution in [0.2, 0.25) is 0 Å². The maximum atomic E-state index is 9.21. The molecule has 1 aromatic heterocycles. The van der Waals surface area contributed by atoms with Gasteiger partial charge in [0.2, 0.25) is 0 Å². The molecule has 0 aliphatic rings. The van der Waals surface area contributed by atoms with Gasteiger partial charge in [-0.25, -0.2) is 0 Å². The Bertz CT molecular complexity index is 445. The summed E-state index contributed by atoms with van der Waals surface area (Å²) in [5.74, 6) is 0. The van der Waals surface area contributed by atoms with Crippen molar-refractivity contribution < 1.29 is 5.11 Å². The molecule has 2 rings (SSSR count). The summed E-state index contributed by atoms with van der Waals surface area (Å²) in [5.41, 5.74) is 3.38. The van der Waals surface area contributed by atoms with E-state index in [1.807, 2.05) is 35.0 Å². The number of rotatable bonds is 3. The van der Waals surface area contributed by atoms with Crippen LogP contribution >= 0.6 is 0 Å². The minimum atomic E-state index is 0.0745. The minimum Gasteiger partial charge on any atom is -0.390 e. The molecule has 2 aromatic rings. The average molecular weight is 201 g/mol. The lowest BCUT2D eigenvalue weighted by Crippen LogP contribution is -2.01. The van der Waals surface area contributed by atoms with Gasteiger partial charge in [0, 0.05) is 17.6 Å². The van der Waals surface area contributed by atoms with E-state index in [0.29, 0.717) is 0 Å². The average Bonchev–Trinajstić information content (AvgIpc) is 2.76. The van der Waals surface area contributed by atoms with E-state index in [1.165, 1.54) is 5.56 Å². The third kappa shape index (κ3) is 1.81. The monoisotopic (exact) mass is 201 g/mol. The van der Waals surface area contributed by atoms with Gasteiger partial charge in [-0.15, -0.1) is 0 Å². The van der Waals surface area contributed by atoms with E-state index in [4.69, 9.17) is 0 Å². The maximum absolute atomic E-state index is 9.21. The predicted octanol–water partition coefficient (Wildman–Crippen LogP) is 2.53. The highest BCUT2D eigenvalue weighted by Gasteiger charge is 2.05. The number of aryl methyl sites for hydroxylation is 1. The van der Waals surface area contributed by atoms with Gasteiger partial charge in [-0.05, 0) is 30.2 Å². The first-order chi connectivity index (χ1) is 7.36. The van der Waals surface area contributed by atoms with Crippen LogP contribution in [0.4, 0.5) is 0 Å². The number of para-hydroxylation sites is 1. The Balaban J connectivity index is 2.53. The zero-order valence-corrected chi connectivity index (χ0v) is 8.85. The Morgan fingerprint density at radius 3 is 2.67 bits per heavy atom. The summed E-state index contributed by atoms with van der Waals surface area (Å²) >= 11 is 0. The second kappa shape index (κ2) is 4.32. The molecule has 2 heteroatoms. The van der Waals surface area contributed by atoms with Crippen molar-refractivity contribution in [3.8, 4) is 5.69 Å². The Morgan fingerprint density at radius 2 is 1.93 bits per heavy atom. The minimum absolute atomic E-state index is 0.0745. The molecule has 15 heavy (non-hydrogen) atoms. The lowest BCUT2D eigenvalue weighted by atomic mass is 10.1. The van der Waals surface area contributed by atoms with E-state index >= 15 is 0 Å². The van der Waals surface area contributed by atoms with Crippen molar-refractivity contribution in [3.63, 3.8) is 0 Å². The van der Waals surface area contributed by atoms with Crippen LogP contribution in [-0.4, -0.2) is 9.67 Å². The fourth-order valence-corrected chi connectivity index (χ4v) is 1.82. The van der Waals surface area contributed by atoms with E-state index < -0.39 is 0 Å². The molecule has 0 spiro atoms. The van der Waals surface area contributed by atoms with Crippen LogP contribution in [0.5, 0.6) is 0 Å². The summed E-state index contributed by atoms with van der Waals surface area (Å²) in [7, 11) is 0. The summed E-state index contributed by atoms with van der Waals surface area (Å²) in [4.78, 5) is 0. The fraction of sp³-hybridized carbons (Fsp3) is 0.231. The molecule has 0 saturated carbocycles. The normalized spacial score (nSPS) is 10.5. The molecule has 0 atom stereocenters. The molecular weight excluding hydrogens is 186 g/mol. The van der Waals surface area contributed by atoms with Crippen molar-refractivity contribution in [2.75, 3.05) is 0 Å². The quantitative estimate of drug-likeness (QED) is 0.811. The van der Waals surface area contributed by atoms with Crippen molar-refractivity contribution in [2.24, 2.45) is 0 Å². The van der Waals surface area contributed by atoms with Crippen molar-refractivity contribution in [1.29, 1.82) is 0 Å². The first-order valence-corrected chi connectivity index (χ1v) is 5.22. The Kier molecular flexibility index (Phi) is 2.88. The Labute approximate surface area is 89.8 Å². The molecule has 0 aliphatic carbocycles. The third-order valence-corrected chi connectivity index (χ3v) is 2.63. The molecule has 0 bridgehead atoms. The number of aromatic nitrogens is 1. The number of hydrogen-bond acceptors (Lipinski definition) is 1. The van der Waals surface area contributed by atoms with Crippen molar-refractivity contribution in [2.45, 2.75) is 20.0 Å². The van der Waals surface area contributed by atoms with Gasteiger partial charge in [0.1, 0.15) is 0 Å². The molecule has 1 N–H and O–H groups in total. The summed E-state index contributed by atoms with van der Waals surface area (Å²) in [6.45, 7) is 2.21. The summed E-state index contributed by atoms with van der Waals surface area (Å²) in [6, 6.07) is 12.2. The fourth-order valence-electron chi connectivity index (χ4n) is 1.82. The molecule has 0 radical (unpaired) electrons. The second-order valence-corrected chi connectivity index (χ2v) is 3.51. The highest BCUT2D eigenvalue weighted by molar-refractivity contribution is 5.43. The van der Waals surface area contributed by atoms with Gasteiger partial charge in [-0.1, -0.05) is 25.1 Å². The number of hydrogen-bond donors (Lipinski definition) is 1. The van der Waals surface area contributed by atoms with E-state index in [1.54, 1.807) is 0 Å². The van der Waals surface area contributed by atoms with Gasteiger partial charge < -0.3 is 9.67 Å². The Hall–Kier alpha value is -1.54. The second-order valence-electron chi connectivity index (χ2n) is 3.51. The highest BCUT2D eigenvalue weighted by Crippen LogP contribution is 2.17. The standard InChI is InChI=1S/C13H15NO/c1-2-11-6-3-4-8-13(11)14-9-5-7-12(14)10-15/h3-9,15H,2,10H2,1H3. The first-order valence-electron chi connectivity index (χ1n) is 5.22.